The zero-order chi connectivity index (χ0) is 37.1. The summed E-state index contributed by atoms with van der Waals surface area (Å²) < 4.78 is 0. The fourth-order valence-electron chi connectivity index (χ4n) is 10.1. The Morgan fingerprint density at radius 2 is 0.589 bits per heavy atom. The summed E-state index contributed by atoms with van der Waals surface area (Å²) in [7, 11) is -2.63. The Kier molecular flexibility index (Phi) is 7.52. The largest absolute Gasteiger partial charge is 0.179 e. The highest BCUT2D eigenvalue weighted by molar-refractivity contribution is 7.19. The second-order valence-corrected chi connectivity index (χ2v) is 19.0. The fraction of sp³-hybridized carbons (Fsp3) is 0.0182. The molecule has 0 saturated carbocycles. The van der Waals surface area contributed by atoms with E-state index in [1.807, 2.05) is 0 Å². The molecular formula is C55H38Si. The first-order valence-corrected chi connectivity index (χ1v) is 21.6. The van der Waals surface area contributed by atoms with Crippen LogP contribution in [0.15, 0.2) is 231 Å². The van der Waals surface area contributed by atoms with Crippen LogP contribution in [0, 0.1) is 0 Å². The summed E-state index contributed by atoms with van der Waals surface area (Å²) in [6.45, 7) is 0. The number of fused-ring (bicyclic) bond motifs is 10. The summed E-state index contributed by atoms with van der Waals surface area (Å²) in [6.07, 6.45) is 0. The van der Waals surface area contributed by atoms with E-state index in [2.05, 4.69) is 231 Å². The average Bonchev–Trinajstić information content (AvgIpc) is 3.75. The molecule has 0 fully saturated rings. The van der Waals surface area contributed by atoms with Gasteiger partial charge in [-0.3, -0.25) is 0 Å². The predicted molar refractivity (Wildman–Crippen MR) is 237 cm³/mol. The highest BCUT2D eigenvalue weighted by atomic mass is 28.3. The molecular weight excluding hydrogens is 689 g/mol. The highest BCUT2D eigenvalue weighted by Gasteiger charge is 2.51. The molecule has 2 aliphatic carbocycles. The summed E-state index contributed by atoms with van der Waals surface area (Å²) in [6, 6.07) is 86.3. The van der Waals surface area contributed by atoms with Gasteiger partial charge in [-0.1, -0.05) is 224 Å². The molecule has 9 aromatic carbocycles. The van der Waals surface area contributed by atoms with E-state index in [1.54, 1.807) is 0 Å². The van der Waals surface area contributed by atoms with Gasteiger partial charge in [0, 0.05) is 0 Å². The van der Waals surface area contributed by atoms with Gasteiger partial charge in [-0.05, 0) is 93.6 Å². The molecule has 0 saturated heterocycles. The third-order valence-electron chi connectivity index (χ3n) is 12.5. The van der Waals surface area contributed by atoms with Crippen LogP contribution in [0.4, 0.5) is 0 Å². The van der Waals surface area contributed by atoms with Crippen LogP contribution in [0.2, 0.25) is 0 Å². The van der Waals surface area contributed by atoms with Gasteiger partial charge in [-0.15, -0.1) is 0 Å². The van der Waals surface area contributed by atoms with Gasteiger partial charge in [-0.2, -0.15) is 0 Å². The minimum atomic E-state index is -2.63. The van der Waals surface area contributed by atoms with Crippen molar-refractivity contribution in [2.45, 2.75) is 5.41 Å². The maximum absolute atomic E-state index is 2.63. The van der Waals surface area contributed by atoms with Crippen LogP contribution in [0.3, 0.4) is 0 Å². The Labute approximate surface area is 330 Å². The molecule has 56 heavy (non-hydrogen) atoms. The van der Waals surface area contributed by atoms with Crippen molar-refractivity contribution in [2.24, 2.45) is 0 Å². The maximum Gasteiger partial charge on any atom is 0.179 e. The van der Waals surface area contributed by atoms with E-state index < -0.39 is 8.07 Å². The van der Waals surface area contributed by atoms with Crippen molar-refractivity contribution < 1.29 is 0 Å². The third-order valence-corrected chi connectivity index (χ3v) is 17.2. The van der Waals surface area contributed by atoms with Crippen molar-refractivity contribution >= 4 is 28.8 Å². The van der Waals surface area contributed by atoms with E-state index in [-0.39, 0.29) is 5.41 Å². The Morgan fingerprint density at radius 1 is 0.232 bits per heavy atom. The third kappa shape index (κ3) is 4.65. The minimum Gasteiger partial charge on any atom is -0.0623 e. The lowest BCUT2D eigenvalue weighted by Crippen LogP contribution is -2.74. The van der Waals surface area contributed by atoms with Gasteiger partial charge in [0.25, 0.3) is 0 Å². The first-order valence-electron chi connectivity index (χ1n) is 19.6. The van der Waals surface area contributed by atoms with Crippen LogP contribution in [0.25, 0.3) is 44.5 Å². The lowest BCUT2D eigenvalue weighted by atomic mass is 9.70. The second-order valence-electron chi connectivity index (χ2n) is 15.2. The molecule has 0 heterocycles. The van der Waals surface area contributed by atoms with Crippen molar-refractivity contribution in [3.63, 3.8) is 0 Å². The maximum atomic E-state index is 2.48. The summed E-state index contributed by atoms with van der Waals surface area (Å²) in [5.41, 5.74) is 15.4. The Morgan fingerprint density at radius 3 is 1.05 bits per heavy atom. The van der Waals surface area contributed by atoms with Crippen LogP contribution < -0.4 is 20.7 Å². The molecule has 11 rings (SSSR count). The van der Waals surface area contributed by atoms with Gasteiger partial charge in [0.15, 0.2) is 8.07 Å². The molecule has 1 heteroatoms. The van der Waals surface area contributed by atoms with Gasteiger partial charge >= 0.3 is 0 Å². The fourth-order valence-corrected chi connectivity index (χ4v) is 14.9. The molecule has 0 N–H and O–H groups in total. The Bertz CT molecular complexity index is 2730. The average molecular weight is 727 g/mol. The summed E-state index contributed by atoms with van der Waals surface area (Å²) in [5, 5.41) is 5.53. The van der Waals surface area contributed by atoms with Crippen LogP contribution in [-0.2, 0) is 5.41 Å². The lowest BCUT2D eigenvalue weighted by Gasteiger charge is -2.34. The van der Waals surface area contributed by atoms with Crippen molar-refractivity contribution in [1.82, 2.24) is 0 Å². The van der Waals surface area contributed by atoms with Crippen LogP contribution >= 0.6 is 0 Å². The molecule has 0 unspecified atom stereocenters. The van der Waals surface area contributed by atoms with Crippen molar-refractivity contribution in [1.29, 1.82) is 0 Å². The lowest BCUT2D eigenvalue weighted by molar-refractivity contribution is 0.794. The van der Waals surface area contributed by atoms with Gasteiger partial charge in [0.2, 0.25) is 0 Å². The number of hydrogen-bond acceptors (Lipinski definition) is 0. The van der Waals surface area contributed by atoms with E-state index in [0.717, 1.165) is 0 Å². The van der Waals surface area contributed by atoms with E-state index in [0.29, 0.717) is 0 Å². The highest BCUT2D eigenvalue weighted by Crippen LogP contribution is 2.63. The smallest absolute Gasteiger partial charge is 0.0623 e. The molecule has 0 aromatic heterocycles. The molecule has 2 aliphatic rings. The zero-order valence-corrected chi connectivity index (χ0v) is 31.9. The first kappa shape index (κ1) is 32.6. The molecule has 0 amide bonds. The quantitative estimate of drug-likeness (QED) is 0.118. The molecule has 0 atom stereocenters. The van der Waals surface area contributed by atoms with Crippen molar-refractivity contribution in [2.75, 3.05) is 0 Å². The summed E-state index contributed by atoms with van der Waals surface area (Å²) >= 11 is 0. The Hall–Kier alpha value is -6.80. The monoisotopic (exact) mass is 726 g/mol. The molecule has 0 aliphatic heterocycles. The van der Waals surface area contributed by atoms with Gasteiger partial charge in [0.05, 0.1) is 5.41 Å². The van der Waals surface area contributed by atoms with Gasteiger partial charge in [0.1, 0.15) is 0 Å². The van der Waals surface area contributed by atoms with Gasteiger partial charge < -0.3 is 0 Å². The standard InChI is InChI=1S/C55H38Si/c1-4-18-43(19-5-1)56(44-20-6-2-7-21-44,45-22-8-3-9-23-45)46-24-16-17-41(37-46)39-31-33-40(34-32-39)42-35-36-50-49-27-12-15-30-53(49)55(54(50)38-42)51-28-13-10-25-47(51)48-26-11-14-29-52(48)55/h1-38H. The topological polar surface area (TPSA) is 0 Å². The molecule has 262 valence electrons. The van der Waals surface area contributed by atoms with Crippen molar-refractivity contribution in [3.05, 3.63) is 253 Å². The summed E-state index contributed by atoms with van der Waals surface area (Å²) in [4.78, 5) is 0. The molecule has 1 spiro atoms. The zero-order valence-electron chi connectivity index (χ0n) is 30.9. The SMILES string of the molecule is c1ccc([Si](c2ccccc2)(c2ccccc2)c2cccc(-c3ccc(-c4ccc5c(c4)C4(c6ccccc6-c6ccccc64)c4ccccc4-5)cc3)c2)cc1. The molecule has 9 aromatic rings. The Balaban J connectivity index is 1.03. The number of hydrogen-bond donors (Lipinski definition) is 0. The van der Waals surface area contributed by atoms with Crippen LogP contribution in [0.1, 0.15) is 22.3 Å². The van der Waals surface area contributed by atoms with E-state index in [1.165, 1.54) is 87.5 Å². The number of rotatable bonds is 6. The van der Waals surface area contributed by atoms with Gasteiger partial charge in [-0.25, -0.2) is 0 Å². The van der Waals surface area contributed by atoms with Crippen LogP contribution in [-0.4, -0.2) is 8.07 Å². The molecule has 0 radical (unpaired) electrons. The predicted octanol–water partition coefficient (Wildman–Crippen LogP) is 10.7. The minimum absolute atomic E-state index is 0.345. The normalized spacial score (nSPS) is 13.1. The van der Waals surface area contributed by atoms with E-state index >= 15 is 0 Å². The molecule has 0 bridgehead atoms. The van der Waals surface area contributed by atoms with E-state index in [4.69, 9.17) is 0 Å². The van der Waals surface area contributed by atoms with Crippen LogP contribution in [0.5, 0.6) is 0 Å². The second kappa shape index (κ2) is 12.9. The van der Waals surface area contributed by atoms with Crippen molar-refractivity contribution in [3.8, 4) is 44.5 Å². The first-order chi connectivity index (χ1) is 27.8. The van der Waals surface area contributed by atoms with E-state index in [9.17, 15) is 0 Å². The summed E-state index contributed by atoms with van der Waals surface area (Å²) in [5.74, 6) is 0. The molecule has 0 nitrogen and oxygen atoms in total. The number of benzene rings is 9.